The van der Waals surface area contributed by atoms with Gasteiger partial charge in [-0.1, -0.05) is 0 Å². The molecule has 5 nitrogen and oxygen atoms in total. The molecule has 100 valence electrons. The van der Waals surface area contributed by atoms with Crippen LogP contribution in [0.15, 0.2) is 0 Å². The van der Waals surface area contributed by atoms with Crippen LogP contribution in [0.25, 0.3) is 0 Å². The highest BCUT2D eigenvalue weighted by atomic mass is 32.1. The van der Waals surface area contributed by atoms with Crippen molar-refractivity contribution < 1.29 is 14.3 Å². The Labute approximate surface area is 111 Å². The van der Waals surface area contributed by atoms with Crippen LogP contribution in [0.2, 0.25) is 0 Å². The van der Waals surface area contributed by atoms with E-state index in [0.29, 0.717) is 17.2 Å². The minimum atomic E-state index is -0.390. The second-order valence-electron chi connectivity index (χ2n) is 3.79. The molecular weight excluding hydrogens is 252 g/mol. The first-order valence-electron chi connectivity index (χ1n) is 5.72. The largest absolute Gasteiger partial charge is 0.462 e. The summed E-state index contributed by atoms with van der Waals surface area (Å²) in [7, 11) is 1.69. The van der Waals surface area contributed by atoms with Gasteiger partial charge >= 0.3 is 5.97 Å². The third-order valence-corrected chi connectivity index (χ3v) is 3.58. The molecule has 0 fully saturated rings. The van der Waals surface area contributed by atoms with Gasteiger partial charge in [-0.05, 0) is 33.4 Å². The standard InChI is InChI=1S/C12H18N2O3S/c1-5-17-12(16)10-7(2)8(3)18-11(10)14-9(15)6-13-4/h13H,5-6H2,1-4H3,(H,14,15). The molecule has 1 heterocycles. The first-order chi connectivity index (χ1) is 8.51. The summed E-state index contributed by atoms with van der Waals surface area (Å²) in [5.74, 6) is -0.566. The van der Waals surface area contributed by atoms with Crippen molar-refractivity contribution in [3.8, 4) is 0 Å². The molecule has 1 aromatic heterocycles. The summed E-state index contributed by atoms with van der Waals surface area (Å²) in [5.41, 5.74) is 1.32. The third kappa shape index (κ3) is 3.30. The Hall–Kier alpha value is -1.40. The van der Waals surface area contributed by atoms with Gasteiger partial charge < -0.3 is 15.4 Å². The molecule has 1 aromatic rings. The third-order valence-electron chi connectivity index (χ3n) is 2.46. The molecule has 0 aliphatic heterocycles. The molecule has 0 aliphatic carbocycles. The lowest BCUT2D eigenvalue weighted by atomic mass is 10.1. The zero-order valence-electron chi connectivity index (χ0n) is 11.0. The minimum absolute atomic E-state index is 0.177. The van der Waals surface area contributed by atoms with Crippen LogP contribution in [0.5, 0.6) is 0 Å². The van der Waals surface area contributed by atoms with Crippen LogP contribution >= 0.6 is 11.3 Å². The Balaban J connectivity index is 3.00. The Morgan fingerprint density at radius 3 is 2.56 bits per heavy atom. The quantitative estimate of drug-likeness (QED) is 0.799. The number of carbonyl (C=O) groups excluding carboxylic acids is 2. The first-order valence-corrected chi connectivity index (χ1v) is 6.54. The predicted octanol–water partition coefficient (Wildman–Crippen LogP) is 1.70. The number of rotatable bonds is 5. The highest BCUT2D eigenvalue weighted by Gasteiger charge is 2.21. The molecule has 0 bridgehead atoms. The van der Waals surface area contributed by atoms with Gasteiger partial charge in [0.15, 0.2) is 0 Å². The lowest BCUT2D eigenvalue weighted by Crippen LogP contribution is -2.25. The molecule has 2 N–H and O–H groups in total. The lowest BCUT2D eigenvalue weighted by Gasteiger charge is -2.06. The summed E-state index contributed by atoms with van der Waals surface area (Å²) >= 11 is 1.39. The van der Waals surface area contributed by atoms with Crippen molar-refractivity contribution in [3.05, 3.63) is 16.0 Å². The van der Waals surface area contributed by atoms with Crippen molar-refractivity contribution in [2.75, 3.05) is 25.5 Å². The average Bonchev–Trinajstić information content (AvgIpc) is 2.55. The van der Waals surface area contributed by atoms with E-state index in [4.69, 9.17) is 4.74 Å². The van der Waals surface area contributed by atoms with Gasteiger partial charge in [0.05, 0.1) is 18.7 Å². The van der Waals surface area contributed by atoms with Crippen LogP contribution in [-0.4, -0.2) is 32.1 Å². The normalized spacial score (nSPS) is 10.2. The Kier molecular flexibility index (Phi) is 5.30. The van der Waals surface area contributed by atoms with Gasteiger partial charge in [-0.2, -0.15) is 0 Å². The molecule has 0 aliphatic rings. The molecule has 18 heavy (non-hydrogen) atoms. The summed E-state index contributed by atoms with van der Waals surface area (Å²) in [5, 5.41) is 6.05. The topological polar surface area (TPSA) is 67.4 Å². The smallest absolute Gasteiger partial charge is 0.341 e. The SMILES string of the molecule is CCOC(=O)c1c(NC(=O)CNC)sc(C)c1C. The van der Waals surface area contributed by atoms with Crippen LogP contribution in [0, 0.1) is 13.8 Å². The van der Waals surface area contributed by atoms with E-state index in [9.17, 15) is 9.59 Å². The second-order valence-corrected chi connectivity index (χ2v) is 5.01. The number of nitrogens with one attached hydrogen (secondary N) is 2. The van der Waals surface area contributed by atoms with Crippen LogP contribution < -0.4 is 10.6 Å². The van der Waals surface area contributed by atoms with Gasteiger partial charge in [-0.3, -0.25) is 4.79 Å². The molecule has 0 radical (unpaired) electrons. The number of anilines is 1. The fraction of sp³-hybridized carbons (Fsp3) is 0.500. The number of thiophene rings is 1. The molecule has 0 aromatic carbocycles. The van der Waals surface area contributed by atoms with Gasteiger partial charge in [0.2, 0.25) is 5.91 Å². The summed E-state index contributed by atoms with van der Waals surface area (Å²) in [4.78, 5) is 24.4. The van der Waals surface area contributed by atoms with E-state index >= 15 is 0 Å². The fourth-order valence-corrected chi connectivity index (χ4v) is 2.56. The molecule has 0 spiro atoms. The predicted molar refractivity (Wildman–Crippen MR) is 72.3 cm³/mol. The zero-order valence-corrected chi connectivity index (χ0v) is 11.9. The molecule has 6 heteroatoms. The van der Waals surface area contributed by atoms with Crippen molar-refractivity contribution in [1.29, 1.82) is 0 Å². The molecule has 0 saturated carbocycles. The molecule has 1 amide bonds. The number of amides is 1. The van der Waals surface area contributed by atoms with Gasteiger partial charge in [-0.25, -0.2) is 4.79 Å². The summed E-state index contributed by atoms with van der Waals surface area (Å²) < 4.78 is 5.01. The maximum absolute atomic E-state index is 11.9. The number of hydrogen-bond acceptors (Lipinski definition) is 5. The summed E-state index contributed by atoms with van der Waals surface area (Å²) in [6, 6.07) is 0. The van der Waals surface area contributed by atoms with Gasteiger partial charge in [0.25, 0.3) is 0 Å². The monoisotopic (exact) mass is 270 g/mol. The average molecular weight is 270 g/mol. The highest BCUT2D eigenvalue weighted by molar-refractivity contribution is 7.16. The minimum Gasteiger partial charge on any atom is -0.462 e. The Morgan fingerprint density at radius 2 is 2.00 bits per heavy atom. The number of likely N-dealkylation sites (N-methyl/N-ethyl adjacent to an activating group) is 1. The number of aryl methyl sites for hydroxylation is 1. The van der Waals surface area contributed by atoms with E-state index in [0.717, 1.165) is 10.4 Å². The van der Waals surface area contributed by atoms with Gasteiger partial charge in [-0.15, -0.1) is 11.3 Å². The second kappa shape index (κ2) is 6.51. The molecule has 0 atom stereocenters. The highest BCUT2D eigenvalue weighted by Crippen LogP contribution is 2.32. The van der Waals surface area contributed by atoms with E-state index < -0.39 is 0 Å². The van der Waals surface area contributed by atoms with E-state index in [1.165, 1.54) is 11.3 Å². The maximum Gasteiger partial charge on any atom is 0.341 e. The number of ether oxygens (including phenoxy) is 1. The van der Waals surface area contributed by atoms with Crippen LogP contribution in [0.3, 0.4) is 0 Å². The Morgan fingerprint density at radius 1 is 1.33 bits per heavy atom. The number of carbonyl (C=O) groups is 2. The van der Waals surface area contributed by atoms with Crippen LogP contribution in [0.4, 0.5) is 5.00 Å². The molecule has 0 saturated heterocycles. The van der Waals surface area contributed by atoms with Crippen LogP contribution in [-0.2, 0) is 9.53 Å². The molecule has 1 rings (SSSR count). The first kappa shape index (κ1) is 14.7. The molecular formula is C12H18N2O3S. The number of hydrogen-bond donors (Lipinski definition) is 2. The van der Waals surface area contributed by atoms with E-state index in [1.807, 2.05) is 13.8 Å². The van der Waals surface area contributed by atoms with Gasteiger partial charge in [0.1, 0.15) is 5.00 Å². The summed E-state index contributed by atoms with van der Waals surface area (Å²) in [6.07, 6.45) is 0. The summed E-state index contributed by atoms with van der Waals surface area (Å²) in [6.45, 7) is 6.04. The van der Waals surface area contributed by atoms with E-state index in [1.54, 1.807) is 14.0 Å². The maximum atomic E-state index is 11.9. The Bertz CT molecular complexity index is 454. The lowest BCUT2D eigenvalue weighted by molar-refractivity contribution is -0.115. The fourth-order valence-electron chi connectivity index (χ4n) is 1.50. The van der Waals surface area contributed by atoms with Crippen LogP contribution in [0.1, 0.15) is 27.7 Å². The van der Waals surface area contributed by atoms with Crippen molar-refractivity contribution in [2.24, 2.45) is 0 Å². The van der Waals surface area contributed by atoms with Crippen molar-refractivity contribution in [2.45, 2.75) is 20.8 Å². The molecule has 0 unspecified atom stereocenters. The van der Waals surface area contributed by atoms with Crippen molar-refractivity contribution in [1.82, 2.24) is 5.32 Å². The number of esters is 1. The zero-order chi connectivity index (χ0) is 13.7. The van der Waals surface area contributed by atoms with E-state index in [-0.39, 0.29) is 18.4 Å². The van der Waals surface area contributed by atoms with Crippen molar-refractivity contribution >= 4 is 28.2 Å². The van der Waals surface area contributed by atoms with Gasteiger partial charge in [0, 0.05) is 4.88 Å². The van der Waals surface area contributed by atoms with Crippen molar-refractivity contribution in [3.63, 3.8) is 0 Å². The van der Waals surface area contributed by atoms with E-state index in [2.05, 4.69) is 10.6 Å².